The first-order valence-corrected chi connectivity index (χ1v) is 13.8. The summed E-state index contributed by atoms with van der Waals surface area (Å²) >= 11 is 0. The van der Waals surface area contributed by atoms with E-state index in [1.165, 1.54) is 0 Å². The molecule has 0 bridgehead atoms. The molecule has 194 valence electrons. The number of allylic oxidation sites excluding steroid dienone is 4. The number of carbonyl (C=O) groups excluding carboxylic acids is 3. The highest BCUT2D eigenvalue weighted by Crippen LogP contribution is 2.72. The van der Waals surface area contributed by atoms with Crippen LogP contribution in [0.3, 0.4) is 0 Å². The Balaban J connectivity index is 1.68. The van der Waals surface area contributed by atoms with Crippen molar-refractivity contribution in [2.45, 2.75) is 99.0 Å². The first kappa shape index (κ1) is 25.4. The fraction of sp³-hybridized carbons (Fsp3) is 0.742. The minimum atomic E-state index is -0.470. The SMILES string of the molecule is [C-]#[N+]C1=C[C@]2(C)C3=CC(=O)[C@@H]4[C@@H]5CC(C)(C)CC[C@]5(NC(C)=O)CC[C@@]4(C)[C@]3(C)CC[C@H]2[C@H](C)C1=O. The highest BCUT2D eigenvalue weighted by molar-refractivity contribution is 6.01. The second kappa shape index (κ2) is 7.65. The highest BCUT2D eigenvalue weighted by atomic mass is 16.1. The molecule has 0 spiro atoms. The number of amides is 1. The molecule has 1 amide bonds. The van der Waals surface area contributed by atoms with Crippen LogP contribution in [0.25, 0.3) is 4.85 Å². The maximum absolute atomic E-state index is 14.3. The van der Waals surface area contributed by atoms with Crippen molar-refractivity contribution in [3.63, 3.8) is 0 Å². The number of hydrogen-bond donors (Lipinski definition) is 1. The van der Waals surface area contributed by atoms with Crippen LogP contribution in [-0.2, 0) is 14.4 Å². The number of carbonyl (C=O) groups is 3. The predicted octanol–water partition coefficient (Wildman–Crippen LogP) is 6.06. The molecule has 0 radical (unpaired) electrons. The summed E-state index contributed by atoms with van der Waals surface area (Å²) in [5, 5.41) is 3.38. The summed E-state index contributed by atoms with van der Waals surface area (Å²) in [7, 11) is 0. The van der Waals surface area contributed by atoms with E-state index in [0.717, 1.165) is 50.5 Å². The number of Topliss-reactive ketones (excluding diaryl/α,β-unsaturated/α-hetero) is 1. The smallest absolute Gasteiger partial charge is 0.226 e. The van der Waals surface area contributed by atoms with Crippen LogP contribution in [0.5, 0.6) is 0 Å². The Morgan fingerprint density at radius 3 is 2.33 bits per heavy atom. The van der Waals surface area contributed by atoms with Crippen molar-refractivity contribution in [3.8, 4) is 0 Å². The predicted molar refractivity (Wildman–Crippen MR) is 139 cm³/mol. The lowest BCUT2D eigenvalue weighted by Crippen LogP contribution is -2.69. The third-order valence-corrected chi connectivity index (χ3v) is 11.9. The number of nitrogens with one attached hydrogen (secondary N) is 1. The molecule has 5 rings (SSSR count). The van der Waals surface area contributed by atoms with Gasteiger partial charge in [0.05, 0.1) is 6.57 Å². The van der Waals surface area contributed by atoms with Gasteiger partial charge in [-0.2, -0.15) is 0 Å². The molecular formula is C31H42N2O3. The average molecular weight is 491 g/mol. The fourth-order valence-corrected chi connectivity index (χ4v) is 9.79. The lowest BCUT2D eigenvalue weighted by atomic mass is 9.36. The lowest BCUT2D eigenvalue weighted by Gasteiger charge is -2.68. The van der Waals surface area contributed by atoms with Gasteiger partial charge in [0.1, 0.15) is 0 Å². The summed E-state index contributed by atoms with van der Waals surface area (Å²) in [6.45, 7) is 22.7. The van der Waals surface area contributed by atoms with Crippen molar-refractivity contribution in [2.24, 2.45) is 45.3 Å². The van der Waals surface area contributed by atoms with Gasteiger partial charge in [0.2, 0.25) is 11.6 Å². The summed E-state index contributed by atoms with van der Waals surface area (Å²) in [5.74, 6) is -0.000993. The van der Waals surface area contributed by atoms with Crippen LogP contribution in [0.4, 0.5) is 0 Å². The molecule has 5 heteroatoms. The quantitative estimate of drug-likeness (QED) is 0.455. The molecule has 5 aliphatic carbocycles. The highest BCUT2D eigenvalue weighted by Gasteiger charge is 2.69. The van der Waals surface area contributed by atoms with Crippen molar-refractivity contribution >= 4 is 17.5 Å². The molecule has 0 aliphatic heterocycles. The van der Waals surface area contributed by atoms with Gasteiger partial charge in [0.25, 0.3) is 0 Å². The molecule has 36 heavy (non-hydrogen) atoms. The summed E-state index contributed by atoms with van der Waals surface area (Å²) in [6, 6.07) is 0. The van der Waals surface area contributed by atoms with E-state index in [0.29, 0.717) is 0 Å². The number of hydrogen-bond acceptors (Lipinski definition) is 3. The molecule has 5 nitrogen and oxygen atoms in total. The second-order valence-electron chi connectivity index (χ2n) is 14.2. The van der Waals surface area contributed by atoms with Gasteiger partial charge in [-0.05, 0) is 79.1 Å². The first-order valence-electron chi connectivity index (χ1n) is 13.8. The van der Waals surface area contributed by atoms with E-state index >= 15 is 0 Å². The van der Waals surface area contributed by atoms with E-state index in [4.69, 9.17) is 6.57 Å². The minimum absolute atomic E-state index is 0.000277. The number of fused-ring (bicyclic) bond motifs is 7. The lowest BCUT2D eigenvalue weighted by molar-refractivity contribution is -0.162. The molecule has 0 heterocycles. The average Bonchev–Trinajstić information content (AvgIpc) is 2.78. The van der Waals surface area contributed by atoms with E-state index < -0.39 is 5.41 Å². The first-order chi connectivity index (χ1) is 16.6. The maximum Gasteiger partial charge on any atom is 0.226 e. The molecule has 0 saturated heterocycles. The Morgan fingerprint density at radius 2 is 1.69 bits per heavy atom. The van der Waals surface area contributed by atoms with Gasteiger partial charge in [0, 0.05) is 29.7 Å². The second-order valence-corrected chi connectivity index (χ2v) is 14.2. The van der Waals surface area contributed by atoms with Crippen LogP contribution in [0.2, 0.25) is 0 Å². The molecule has 3 fully saturated rings. The zero-order chi connectivity index (χ0) is 26.5. The van der Waals surface area contributed by atoms with Crippen molar-refractivity contribution in [1.82, 2.24) is 5.32 Å². The van der Waals surface area contributed by atoms with E-state index in [-0.39, 0.29) is 68.6 Å². The fourth-order valence-electron chi connectivity index (χ4n) is 9.79. The zero-order valence-corrected chi connectivity index (χ0v) is 23.1. The summed E-state index contributed by atoms with van der Waals surface area (Å²) in [6.07, 6.45) is 10.4. The van der Waals surface area contributed by atoms with Gasteiger partial charge in [-0.15, -0.1) is 0 Å². The van der Waals surface area contributed by atoms with Crippen LogP contribution < -0.4 is 5.32 Å². The number of rotatable bonds is 1. The van der Waals surface area contributed by atoms with Crippen molar-refractivity contribution < 1.29 is 14.4 Å². The Bertz CT molecular complexity index is 1160. The normalized spacial score (nSPS) is 47.2. The molecular weight excluding hydrogens is 448 g/mol. The van der Waals surface area contributed by atoms with Gasteiger partial charge in [-0.1, -0.05) is 53.2 Å². The van der Waals surface area contributed by atoms with E-state index in [1.807, 2.05) is 19.1 Å². The van der Waals surface area contributed by atoms with Gasteiger partial charge in [0.15, 0.2) is 11.6 Å². The van der Waals surface area contributed by atoms with E-state index in [2.05, 4.69) is 44.8 Å². The number of ketones is 2. The monoisotopic (exact) mass is 490 g/mol. The Morgan fingerprint density at radius 1 is 1.03 bits per heavy atom. The molecule has 1 N–H and O–H groups in total. The van der Waals surface area contributed by atoms with Crippen molar-refractivity contribution in [2.75, 3.05) is 0 Å². The van der Waals surface area contributed by atoms with E-state index in [1.54, 1.807) is 6.92 Å². The van der Waals surface area contributed by atoms with Crippen LogP contribution in [0.1, 0.15) is 93.4 Å². The van der Waals surface area contributed by atoms with Gasteiger partial charge in [-0.25, -0.2) is 4.85 Å². The zero-order valence-electron chi connectivity index (χ0n) is 23.1. The van der Waals surface area contributed by atoms with Gasteiger partial charge in [-0.3, -0.25) is 9.59 Å². The van der Waals surface area contributed by atoms with Crippen LogP contribution in [0, 0.1) is 51.9 Å². The molecule has 0 aromatic carbocycles. The summed E-state index contributed by atoms with van der Waals surface area (Å²) in [5.41, 5.74) is 0.274. The van der Waals surface area contributed by atoms with Gasteiger partial charge < -0.3 is 10.1 Å². The van der Waals surface area contributed by atoms with Gasteiger partial charge >= 0.3 is 0 Å². The van der Waals surface area contributed by atoms with Crippen molar-refractivity contribution in [3.05, 3.63) is 34.8 Å². The Labute approximate surface area is 216 Å². The summed E-state index contributed by atoms with van der Waals surface area (Å²) in [4.78, 5) is 43.2. The maximum atomic E-state index is 14.3. The Kier molecular flexibility index (Phi) is 5.40. The van der Waals surface area contributed by atoms with Crippen LogP contribution in [0.15, 0.2) is 23.4 Å². The van der Waals surface area contributed by atoms with Crippen LogP contribution in [-0.4, -0.2) is 23.0 Å². The standard InChI is InChI=1S/C31H42N2O3/c1-18-20-9-10-29(6)24(28(20,5)17-22(32-8)26(18)36)15-23(35)25-21-16-27(3,4)11-13-31(21,33-19(2)34)14-12-30(25,29)7/h15,17-18,20-21,25H,9-14,16H2,1-7H3,(H,33,34)/t18-,20-,21-,25-,28-,29+,30+,31-/m0/s1. The topological polar surface area (TPSA) is 67.6 Å². The van der Waals surface area contributed by atoms with Crippen molar-refractivity contribution in [1.29, 1.82) is 0 Å². The molecule has 3 saturated carbocycles. The third-order valence-electron chi connectivity index (χ3n) is 11.9. The molecule has 0 aromatic rings. The molecule has 8 atom stereocenters. The van der Waals surface area contributed by atoms with E-state index in [9.17, 15) is 14.4 Å². The third kappa shape index (κ3) is 3.15. The molecule has 5 aliphatic rings. The summed E-state index contributed by atoms with van der Waals surface area (Å²) < 4.78 is 0. The Hall–Kier alpha value is -2.22. The molecule has 0 unspecified atom stereocenters. The van der Waals surface area contributed by atoms with Crippen LogP contribution >= 0.6 is 0 Å². The largest absolute Gasteiger partial charge is 0.351 e. The number of nitrogens with zero attached hydrogens (tertiary/aromatic N) is 1. The molecule has 0 aromatic heterocycles. The minimum Gasteiger partial charge on any atom is -0.351 e.